The minimum Gasteiger partial charge on any atom is -0.497 e. The van der Waals surface area contributed by atoms with Crippen molar-refractivity contribution in [1.82, 2.24) is 25.0 Å². The van der Waals surface area contributed by atoms with Gasteiger partial charge in [-0.2, -0.15) is 4.98 Å². The third-order valence-electron chi connectivity index (χ3n) is 4.66. The van der Waals surface area contributed by atoms with Crippen molar-refractivity contribution in [2.45, 2.75) is 20.0 Å². The summed E-state index contributed by atoms with van der Waals surface area (Å²) in [5.41, 5.74) is 1.40. The lowest BCUT2D eigenvalue weighted by molar-refractivity contribution is 0.224. The third-order valence-corrected chi connectivity index (χ3v) is 4.66. The minimum atomic E-state index is -0.138. The lowest BCUT2D eigenvalue weighted by Gasteiger charge is -2.17. The van der Waals surface area contributed by atoms with E-state index in [0.717, 1.165) is 17.9 Å². The van der Waals surface area contributed by atoms with Gasteiger partial charge in [0.15, 0.2) is 0 Å². The summed E-state index contributed by atoms with van der Waals surface area (Å²) >= 11 is 0. The number of hydrogen-bond acceptors (Lipinski definition) is 7. The number of nitrogens with zero attached hydrogens (tertiary/aromatic N) is 4. The Morgan fingerprint density at radius 3 is 2.62 bits per heavy atom. The van der Waals surface area contributed by atoms with E-state index in [-0.39, 0.29) is 5.56 Å². The molecule has 0 aliphatic heterocycles. The molecule has 0 amide bonds. The van der Waals surface area contributed by atoms with Crippen LogP contribution in [0.1, 0.15) is 18.6 Å². The summed E-state index contributed by atoms with van der Waals surface area (Å²) in [7, 11) is 1.62. The Balaban J connectivity index is 1.49. The van der Waals surface area contributed by atoms with Crippen LogP contribution in [-0.4, -0.2) is 38.7 Å². The molecule has 0 radical (unpaired) electrons. The third kappa shape index (κ3) is 4.17. The summed E-state index contributed by atoms with van der Waals surface area (Å²) in [5, 5.41) is 4.65. The summed E-state index contributed by atoms with van der Waals surface area (Å²) in [6, 6.07) is 14.8. The van der Waals surface area contributed by atoms with Crippen LogP contribution < -0.4 is 10.3 Å². The number of H-pyrrole nitrogens is 1. The first-order chi connectivity index (χ1) is 14.2. The fraction of sp³-hybridized carbons (Fsp3) is 0.238. The van der Waals surface area contributed by atoms with E-state index < -0.39 is 0 Å². The number of aromatic nitrogens is 4. The van der Waals surface area contributed by atoms with Crippen LogP contribution in [0.25, 0.3) is 22.3 Å². The number of ether oxygens (including phenoxy) is 1. The van der Waals surface area contributed by atoms with E-state index in [1.54, 1.807) is 13.2 Å². The van der Waals surface area contributed by atoms with Gasteiger partial charge in [0.05, 0.1) is 31.1 Å². The van der Waals surface area contributed by atoms with Crippen molar-refractivity contribution in [3.8, 4) is 17.1 Å². The number of methoxy groups -OCH3 is 1. The first-order valence-corrected chi connectivity index (χ1v) is 9.33. The second kappa shape index (κ2) is 8.24. The van der Waals surface area contributed by atoms with Gasteiger partial charge in [-0.3, -0.25) is 9.69 Å². The number of aromatic amines is 1. The van der Waals surface area contributed by atoms with Crippen LogP contribution >= 0.6 is 0 Å². The summed E-state index contributed by atoms with van der Waals surface area (Å²) in [4.78, 5) is 26.2. The second-order valence-electron chi connectivity index (χ2n) is 6.57. The topological polar surface area (TPSA) is 97.1 Å². The number of benzene rings is 2. The molecule has 0 saturated carbocycles. The van der Waals surface area contributed by atoms with Gasteiger partial charge in [0, 0.05) is 5.56 Å². The Morgan fingerprint density at radius 1 is 1.07 bits per heavy atom. The van der Waals surface area contributed by atoms with Crippen LogP contribution in [0, 0.1) is 0 Å². The van der Waals surface area contributed by atoms with Crippen molar-refractivity contribution in [2.24, 2.45) is 0 Å². The normalized spacial score (nSPS) is 11.3. The quantitative estimate of drug-likeness (QED) is 0.517. The molecule has 0 saturated heterocycles. The van der Waals surface area contributed by atoms with Gasteiger partial charge in [-0.25, -0.2) is 4.98 Å². The van der Waals surface area contributed by atoms with Crippen molar-refractivity contribution >= 4 is 10.9 Å². The van der Waals surface area contributed by atoms with Crippen molar-refractivity contribution < 1.29 is 9.26 Å². The Labute approximate surface area is 167 Å². The zero-order valence-corrected chi connectivity index (χ0v) is 16.3. The first-order valence-electron chi connectivity index (χ1n) is 9.33. The fourth-order valence-corrected chi connectivity index (χ4v) is 3.07. The highest BCUT2D eigenvalue weighted by molar-refractivity contribution is 5.77. The lowest BCUT2D eigenvalue weighted by Crippen LogP contribution is -2.25. The predicted octanol–water partition coefficient (Wildman–Crippen LogP) is 3.00. The maximum atomic E-state index is 12.3. The maximum absolute atomic E-state index is 12.3. The van der Waals surface area contributed by atoms with Gasteiger partial charge in [-0.1, -0.05) is 24.2 Å². The van der Waals surface area contributed by atoms with Crippen LogP contribution in [0.5, 0.6) is 5.75 Å². The van der Waals surface area contributed by atoms with Gasteiger partial charge in [0.1, 0.15) is 11.6 Å². The molecule has 4 rings (SSSR count). The van der Waals surface area contributed by atoms with Gasteiger partial charge in [-0.15, -0.1) is 0 Å². The summed E-state index contributed by atoms with van der Waals surface area (Å²) in [5.74, 6) is 2.40. The van der Waals surface area contributed by atoms with Crippen LogP contribution in [0.4, 0.5) is 0 Å². The number of rotatable bonds is 7. The van der Waals surface area contributed by atoms with Crippen LogP contribution in [0.15, 0.2) is 57.8 Å². The highest BCUT2D eigenvalue weighted by Crippen LogP contribution is 2.20. The molecule has 0 bridgehead atoms. The van der Waals surface area contributed by atoms with E-state index in [9.17, 15) is 4.79 Å². The number of nitrogens with one attached hydrogen (secondary N) is 1. The molecule has 0 aliphatic rings. The Hall–Kier alpha value is -3.52. The second-order valence-corrected chi connectivity index (χ2v) is 6.57. The molecule has 8 heteroatoms. The van der Waals surface area contributed by atoms with Gasteiger partial charge >= 0.3 is 0 Å². The van der Waals surface area contributed by atoms with Crippen LogP contribution in [0.3, 0.4) is 0 Å². The van der Waals surface area contributed by atoms with Gasteiger partial charge in [0.25, 0.3) is 5.56 Å². The van der Waals surface area contributed by atoms with Gasteiger partial charge in [-0.05, 0) is 42.9 Å². The molecular formula is C21H21N5O3. The van der Waals surface area contributed by atoms with Crippen LogP contribution in [0.2, 0.25) is 0 Å². The van der Waals surface area contributed by atoms with Crippen molar-refractivity contribution in [3.05, 3.63) is 70.6 Å². The zero-order chi connectivity index (χ0) is 20.2. The van der Waals surface area contributed by atoms with Crippen molar-refractivity contribution in [1.29, 1.82) is 0 Å². The molecule has 8 nitrogen and oxygen atoms in total. The molecule has 4 aromatic rings. The molecule has 148 valence electrons. The largest absolute Gasteiger partial charge is 0.497 e. The molecule has 2 aromatic carbocycles. The van der Waals surface area contributed by atoms with Gasteiger partial charge in [0.2, 0.25) is 11.7 Å². The Morgan fingerprint density at radius 2 is 1.86 bits per heavy atom. The molecule has 0 fully saturated rings. The molecule has 29 heavy (non-hydrogen) atoms. The SMILES string of the molecule is CCN(Cc1nc2ccccc2c(=O)[nH]1)Cc1nc(-c2ccc(OC)cc2)no1. The molecule has 0 spiro atoms. The highest BCUT2D eigenvalue weighted by Gasteiger charge is 2.14. The Kier molecular flexibility index (Phi) is 5.35. The van der Waals surface area contributed by atoms with E-state index in [2.05, 4.69) is 25.0 Å². The lowest BCUT2D eigenvalue weighted by atomic mass is 10.2. The van der Waals surface area contributed by atoms with E-state index >= 15 is 0 Å². The molecule has 1 N–H and O–H groups in total. The molecule has 0 aliphatic carbocycles. The van der Waals surface area contributed by atoms with Gasteiger partial charge < -0.3 is 14.2 Å². The van der Waals surface area contributed by atoms with E-state index in [4.69, 9.17) is 9.26 Å². The standard InChI is InChI=1S/C21H21N5O3/c1-3-26(12-18-22-17-7-5-4-6-16(17)21(27)23-18)13-19-24-20(25-29-19)14-8-10-15(28-2)11-9-14/h4-11H,3,12-13H2,1-2H3,(H,22,23,27). The summed E-state index contributed by atoms with van der Waals surface area (Å²) < 4.78 is 10.6. The average molecular weight is 391 g/mol. The first kappa shape index (κ1) is 18.8. The molecular weight excluding hydrogens is 370 g/mol. The molecule has 2 aromatic heterocycles. The van der Waals surface area contributed by atoms with E-state index in [1.807, 2.05) is 49.4 Å². The monoisotopic (exact) mass is 391 g/mol. The molecule has 0 atom stereocenters. The fourth-order valence-electron chi connectivity index (χ4n) is 3.07. The van der Waals surface area contributed by atoms with E-state index in [0.29, 0.717) is 41.5 Å². The number of fused-ring (bicyclic) bond motifs is 1. The van der Waals surface area contributed by atoms with Crippen molar-refractivity contribution in [2.75, 3.05) is 13.7 Å². The molecule has 2 heterocycles. The average Bonchev–Trinajstić information content (AvgIpc) is 3.22. The Bertz CT molecular complexity index is 1170. The van der Waals surface area contributed by atoms with E-state index in [1.165, 1.54) is 0 Å². The van der Waals surface area contributed by atoms with Crippen molar-refractivity contribution in [3.63, 3.8) is 0 Å². The number of hydrogen-bond donors (Lipinski definition) is 1. The maximum Gasteiger partial charge on any atom is 0.258 e. The van der Waals surface area contributed by atoms with Crippen LogP contribution in [-0.2, 0) is 13.1 Å². The minimum absolute atomic E-state index is 0.138. The zero-order valence-electron chi connectivity index (χ0n) is 16.3. The number of para-hydroxylation sites is 1. The summed E-state index contributed by atoms with van der Waals surface area (Å²) in [6.45, 7) is 3.68. The smallest absolute Gasteiger partial charge is 0.258 e. The predicted molar refractivity (Wildman–Crippen MR) is 108 cm³/mol. The summed E-state index contributed by atoms with van der Waals surface area (Å²) in [6.07, 6.45) is 0. The molecule has 0 unspecified atom stereocenters. The highest BCUT2D eigenvalue weighted by atomic mass is 16.5.